The molecule has 3 rings (SSSR count). The lowest BCUT2D eigenvalue weighted by Gasteiger charge is -2.10. The van der Waals surface area contributed by atoms with Gasteiger partial charge in [0.2, 0.25) is 0 Å². The molecule has 0 aliphatic carbocycles. The summed E-state index contributed by atoms with van der Waals surface area (Å²) in [5.74, 6) is 0.00522. The van der Waals surface area contributed by atoms with E-state index in [4.69, 9.17) is 4.42 Å². The van der Waals surface area contributed by atoms with Crippen molar-refractivity contribution in [3.63, 3.8) is 0 Å². The maximum Gasteiger partial charge on any atom is 0.435 e. The fourth-order valence-electron chi connectivity index (χ4n) is 1.98. The van der Waals surface area contributed by atoms with E-state index in [1.165, 1.54) is 36.4 Å². The Morgan fingerprint density at radius 1 is 1.12 bits per heavy atom. The van der Waals surface area contributed by atoms with Crippen LogP contribution in [-0.2, 0) is 16.2 Å². The predicted molar refractivity (Wildman–Crippen MR) is 85.6 cm³/mol. The van der Waals surface area contributed by atoms with Gasteiger partial charge in [0.25, 0.3) is 10.0 Å². The van der Waals surface area contributed by atoms with Gasteiger partial charge in [0, 0.05) is 6.07 Å². The number of sulfonamides is 1. The smallest absolute Gasteiger partial charge is 0.435 e. The van der Waals surface area contributed by atoms with Crippen molar-refractivity contribution < 1.29 is 26.0 Å². The van der Waals surface area contributed by atoms with Crippen LogP contribution in [0, 0.1) is 0 Å². The fourth-order valence-corrected chi connectivity index (χ4v) is 3.28. The summed E-state index contributed by atoms with van der Waals surface area (Å²) in [4.78, 5) is 2.41. The largest absolute Gasteiger partial charge is 0.448 e. The molecule has 6 nitrogen and oxygen atoms in total. The molecule has 0 radical (unpaired) electrons. The Hall–Kier alpha value is -2.27. The van der Waals surface area contributed by atoms with Gasteiger partial charge in [0.05, 0.1) is 4.90 Å². The standard InChI is InChI=1S/C14H9BrF3N3O3S/c15-13-7-6-11(24-13)10-8-12(14(16,17)18)19-21(10)20-25(22,23)9-4-2-1-3-5-9/h1-8,20H. The van der Waals surface area contributed by atoms with Gasteiger partial charge in [-0.15, -0.1) is 5.10 Å². The highest BCUT2D eigenvalue weighted by atomic mass is 79.9. The van der Waals surface area contributed by atoms with Gasteiger partial charge < -0.3 is 4.42 Å². The van der Waals surface area contributed by atoms with Crippen LogP contribution in [0.25, 0.3) is 11.5 Å². The predicted octanol–water partition coefficient (Wildman–Crippen LogP) is 3.86. The number of hydrogen-bond acceptors (Lipinski definition) is 4. The summed E-state index contributed by atoms with van der Waals surface area (Å²) in [7, 11) is -4.14. The molecule has 0 saturated carbocycles. The first-order valence-electron chi connectivity index (χ1n) is 6.68. The zero-order chi connectivity index (χ0) is 18.2. The topological polar surface area (TPSA) is 77.1 Å². The quantitative estimate of drug-likeness (QED) is 0.674. The van der Waals surface area contributed by atoms with Crippen molar-refractivity contribution >= 4 is 26.0 Å². The second-order valence-electron chi connectivity index (χ2n) is 4.84. The third-order valence-corrected chi connectivity index (χ3v) is 4.82. The van der Waals surface area contributed by atoms with Crippen LogP contribution in [0.4, 0.5) is 13.2 Å². The minimum atomic E-state index is -4.75. The maximum atomic E-state index is 13.0. The van der Waals surface area contributed by atoms with Crippen molar-refractivity contribution in [2.45, 2.75) is 11.1 Å². The monoisotopic (exact) mass is 435 g/mol. The number of nitrogens with one attached hydrogen (secondary N) is 1. The first-order valence-corrected chi connectivity index (χ1v) is 8.95. The number of furan rings is 1. The van der Waals surface area contributed by atoms with E-state index in [-0.39, 0.29) is 21.0 Å². The van der Waals surface area contributed by atoms with Crippen LogP contribution in [0.2, 0.25) is 0 Å². The molecule has 0 spiro atoms. The average Bonchev–Trinajstić information content (AvgIpc) is 3.13. The van der Waals surface area contributed by atoms with Gasteiger partial charge in [-0.05, 0) is 40.2 Å². The van der Waals surface area contributed by atoms with Crippen molar-refractivity contribution in [3.05, 3.63) is 58.9 Å². The summed E-state index contributed by atoms with van der Waals surface area (Å²) in [5, 5.41) is 3.30. The summed E-state index contributed by atoms with van der Waals surface area (Å²) >= 11 is 3.04. The second-order valence-corrected chi connectivity index (χ2v) is 7.28. The van der Waals surface area contributed by atoms with E-state index in [0.29, 0.717) is 10.9 Å². The minimum absolute atomic E-state index is 0.00522. The molecule has 0 saturated heterocycles. The molecule has 0 fully saturated rings. The average molecular weight is 436 g/mol. The SMILES string of the molecule is O=S(=O)(Nn1nc(C(F)(F)F)cc1-c1ccc(Br)o1)c1ccccc1. The molecule has 0 amide bonds. The Morgan fingerprint density at radius 3 is 2.36 bits per heavy atom. The molecular weight excluding hydrogens is 427 g/mol. The lowest BCUT2D eigenvalue weighted by atomic mass is 10.3. The van der Waals surface area contributed by atoms with Crippen molar-refractivity contribution in [1.82, 2.24) is 9.89 Å². The molecule has 2 heterocycles. The molecule has 11 heteroatoms. The van der Waals surface area contributed by atoms with E-state index in [0.717, 1.165) is 0 Å². The molecule has 3 aromatic rings. The summed E-state index contributed by atoms with van der Waals surface area (Å²) in [5.41, 5.74) is -1.46. The molecule has 1 N–H and O–H groups in total. The molecule has 0 aliphatic rings. The number of halogens is 4. The fraction of sp³-hybridized carbons (Fsp3) is 0.0714. The van der Waals surface area contributed by atoms with Gasteiger partial charge in [0.15, 0.2) is 16.1 Å². The summed E-state index contributed by atoms with van der Waals surface area (Å²) in [6.45, 7) is 0. The van der Waals surface area contributed by atoms with Gasteiger partial charge in [-0.3, -0.25) is 0 Å². The molecule has 132 valence electrons. The molecule has 0 atom stereocenters. The van der Waals surface area contributed by atoms with Gasteiger partial charge in [0.1, 0.15) is 5.69 Å². The Labute approximate surface area is 148 Å². The molecule has 0 bridgehead atoms. The van der Waals surface area contributed by atoms with E-state index < -0.39 is 21.9 Å². The van der Waals surface area contributed by atoms with Crippen molar-refractivity contribution in [1.29, 1.82) is 0 Å². The van der Waals surface area contributed by atoms with Crippen molar-refractivity contribution in [3.8, 4) is 11.5 Å². The molecule has 0 unspecified atom stereocenters. The third-order valence-electron chi connectivity index (χ3n) is 3.09. The van der Waals surface area contributed by atoms with Gasteiger partial charge in [-0.2, -0.15) is 31.2 Å². The summed E-state index contributed by atoms with van der Waals surface area (Å²) < 4.78 is 69.1. The molecule has 2 aromatic heterocycles. The lowest BCUT2D eigenvalue weighted by molar-refractivity contribution is -0.141. The Balaban J connectivity index is 2.07. The van der Waals surface area contributed by atoms with Gasteiger partial charge >= 0.3 is 6.18 Å². The van der Waals surface area contributed by atoms with E-state index in [1.807, 2.05) is 4.83 Å². The summed E-state index contributed by atoms with van der Waals surface area (Å²) in [6.07, 6.45) is -4.75. The zero-order valence-electron chi connectivity index (χ0n) is 12.2. The highest BCUT2D eigenvalue weighted by molar-refractivity contribution is 9.10. The Bertz CT molecular complexity index is 997. The van der Waals surface area contributed by atoms with Crippen LogP contribution in [-0.4, -0.2) is 18.3 Å². The van der Waals surface area contributed by atoms with E-state index in [2.05, 4.69) is 21.0 Å². The highest BCUT2D eigenvalue weighted by Crippen LogP contribution is 2.33. The Morgan fingerprint density at radius 2 is 1.80 bits per heavy atom. The first-order chi connectivity index (χ1) is 11.7. The van der Waals surface area contributed by atoms with Gasteiger partial charge in [-0.1, -0.05) is 18.2 Å². The summed E-state index contributed by atoms with van der Waals surface area (Å²) in [6, 6.07) is 10.7. The van der Waals surface area contributed by atoms with Crippen LogP contribution in [0.5, 0.6) is 0 Å². The normalized spacial score (nSPS) is 12.3. The zero-order valence-corrected chi connectivity index (χ0v) is 14.6. The van der Waals surface area contributed by atoms with E-state index in [9.17, 15) is 21.6 Å². The lowest BCUT2D eigenvalue weighted by Crippen LogP contribution is -2.25. The van der Waals surface area contributed by atoms with Crippen molar-refractivity contribution in [2.24, 2.45) is 0 Å². The van der Waals surface area contributed by atoms with Crippen LogP contribution in [0.3, 0.4) is 0 Å². The number of benzene rings is 1. The highest BCUT2D eigenvalue weighted by Gasteiger charge is 2.36. The van der Waals surface area contributed by atoms with Crippen LogP contribution >= 0.6 is 15.9 Å². The minimum Gasteiger partial charge on any atom is -0.448 e. The number of aromatic nitrogens is 2. The molecule has 0 aliphatic heterocycles. The van der Waals surface area contributed by atoms with Crippen LogP contribution in [0.1, 0.15) is 5.69 Å². The molecular formula is C14H9BrF3N3O3S. The molecule has 1 aromatic carbocycles. The number of hydrogen-bond donors (Lipinski definition) is 1. The van der Waals surface area contributed by atoms with Crippen molar-refractivity contribution in [2.75, 3.05) is 4.83 Å². The second kappa shape index (κ2) is 6.23. The number of rotatable bonds is 4. The van der Waals surface area contributed by atoms with Crippen LogP contribution < -0.4 is 4.83 Å². The van der Waals surface area contributed by atoms with E-state index >= 15 is 0 Å². The number of nitrogens with zero attached hydrogens (tertiary/aromatic N) is 2. The first kappa shape index (κ1) is 17.5. The Kier molecular flexibility index (Phi) is 4.37. The molecule has 25 heavy (non-hydrogen) atoms. The maximum absolute atomic E-state index is 13.0. The van der Waals surface area contributed by atoms with Crippen LogP contribution in [0.15, 0.2) is 62.5 Å². The third kappa shape index (κ3) is 3.71. The van der Waals surface area contributed by atoms with E-state index in [1.54, 1.807) is 6.07 Å². The van der Waals surface area contributed by atoms with Gasteiger partial charge in [-0.25, -0.2) is 0 Å². The number of alkyl halides is 3.